The highest BCUT2D eigenvalue weighted by Crippen LogP contribution is 2.23. The smallest absolute Gasteiger partial charge is 0.255 e. The highest BCUT2D eigenvalue weighted by Gasteiger charge is 2.24. The molecule has 0 spiro atoms. The molecule has 0 aromatic heterocycles. The summed E-state index contributed by atoms with van der Waals surface area (Å²) >= 11 is 3.53. The minimum atomic E-state index is 0.138. The van der Waals surface area contributed by atoms with E-state index in [0.29, 0.717) is 12.0 Å². The fraction of sp³-hybridized carbons (Fsp3) is 0.588. The van der Waals surface area contributed by atoms with Crippen molar-refractivity contribution in [2.75, 3.05) is 6.54 Å². The summed E-state index contributed by atoms with van der Waals surface area (Å²) in [7, 11) is 0. The van der Waals surface area contributed by atoms with Crippen molar-refractivity contribution in [2.45, 2.75) is 53.5 Å². The Morgan fingerprint density at radius 3 is 2.30 bits per heavy atom. The van der Waals surface area contributed by atoms with Crippen LogP contribution in [0.4, 0.5) is 0 Å². The average molecular weight is 340 g/mol. The molecule has 112 valence electrons. The van der Waals surface area contributed by atoms with E-state index in [1.54, 1.807) is 0 Å². The lowest BCUT2D eigenvalue weighted by molar-refractivity contribution is 0.0639. The van der Waals surface area contributed by atoms with Crippen LogP contribution in [-0.2, 0) is 0 Å². The van der Waals surface area contributed by atoms with Crippen molar-refractivity contribution in [1.29, 1.82) is 0 Å². The molecule has 0 unspecified atom stereocenters. The van der Waals surface area contributed by atoms with Crippen LogP contribution in [0.5, 0.6) is 0 Å². The number of hydrogen-bond acceptors (Lipinski definition) is 1. The third kappa shape index (κ3) is 4.34. The standard InChI is InChI=1S/C17H26BrNO/c1-6-14(7-2)19(11-12(3)4)17(20)15-9-8-13(5)10-16(15)18/h8-10,12,14H,6-7,11H2,1-5H3. The van der Waals surface area contributed by atoms with Gasteiger partial charge in [-0.2, -0.15) is 0 Å². The van der Waals surface area contributed by atoms with Gasteiger partial charge in [0.25, 0.3) is 5.91 Å². The summed E-state index contributed by atoms with van der Waals surface area (Å²) in [5.74, 6) is 0.614. The molecular weight excluding hydrogens is 314 g/mol. The molecule has 1 rings (SSSR count). The first-order chi connectivity index (χ1) is 9.40. The van der Waals surface area contributed by atoms with E-state index in [-0.39, 0.29) is 5.91 Å². The number of aryl methyl sites for hydroxylation is 1. The van der Waals surface area contributed by atoms with Gasteiger partial charge in [-0.15, -0.1) is 0 Å². The van der Waals surface area contributed by atoms with E-state index in [0.717, 1.165) is 35.0 Å². The highest BCUT2D eigenvalue weighted by molar-refractivity contribution is 9.10. The Balaban J connectivity index is 3.09. The Hall–Kier alpha value is -0.830. The van der Waals surface area contributed by atoms with Crippen molar-refractivity contribution in [3.05, 3.63) is 33.8 Å². The van der Waals surface area contributed by atoms with Crippen LogP contribution in [-0.4, -0.2) is 23.4 Å². The third-order valence-electron chi connectivity index (χ3n) is 3.56. The molecule has 20 heavy (non-hydrogen) atoms. The zero-order valence-corrected chi connectivity index (χ0v) is 14.8. The van der Waals surface area contributed by atoms with E-state index in [4.69, 9.17) is 0 Å². The number of rotatable bonds is 6. The molecular formula is C17H26BrNO. The maximum Gasteiger partial charge on any atom is 0.255 e. The van der Waals surface area contributed by atoms with Crippen LogP contribution >= 0.6 is 15.9 Å². The Bertz CT molecular complexity index is 452. The molecule has 0 aliphatic heterocycles. The van der Waals surface area contributed by atoms with Gasteiger partial charge in [-0.3, -0.25) is 4.79 Å². The van der Waals surface area contributed by atoms with E-state index in [2.05, 4.69) is 43.6 Å². The van der Waals surface area contributed by atoms with Gasteiger partial charge in [0, 0.05) is 17.1 Å². The zero-order valence-electron chi connectivity index (χ0n) is 13.2. The van der Waals surface area contributed by atoms with Crippen LogP contribution in [0.1, 0.15) is 56.5 Å². The van der Waals surface area contributed by atoms with Crippen LogP contribution < -0.4 is 0 Å². The summed E-state index contributed by atoms with van der Waals surface area (Å²) in [6.07, 6.45) is 2.00. The number of nitrogens with zero attached hydrogens (tertiary/aromatic N) is 1. The quantitative estimate of drug-likeness (QED) is 0.710. The molecule has 0 aliphatic carbocycles. The van der Waals surface area contributed by atoms with Crippen LogP contribution in [0, 0.1) is 12.8 Å². The second-order valence-corrected chi connectivity index (χ2v) is 6.66. The monoisotopic (exact) mass is 339 g/mol. The van der Waals surface area contributed by atoms with Gasteiger partial charge in [0.05, 0.1) is 5.56 Å². The molecule has 0 atom stereocenters. The molecule has 3 heteroatoms. The van der Waals surface area contributed by atoms with Gasteiger partial charge in [-0.05, 0) is 59.3 Å². The fourth-order valence-corrected chi connectivity index (χ4v) is 3.13. The normalized spacial score (nSPS) is 11.2. The predicted octanol–water partition coefficient (Wildman–Crippen LogP) is 5.04. The van der Waals surface area contributed by atoms with Crippen molar-refractivity contribution in [3.63, 3.8) is 0 Å². The number of halogens is 1. The van der Waals surface area contributed by atoms with E-state index in [9.17, 15) is 4.79 Å². The topological polar surface area (TPSA) is 20.3 Å². The largest absolute Gasteiger partial charge is 0.335 e. The highest BCUT2D eigenvalue weighted by atomic mass is 79.9. The first-order valence-electron chi connectivity index (χ1n) is 7.47. The summed E-state index contributed by atoms with van der Waals surface area (Å²) in [5, 5.41) is 0. The van der Waals surface area contributed by atoms with Gasteiger partial charge in [0.2, 0.25) is 0 Å². The summed E-state index contributed by atoms with van der Waals surface area (Å²) < 4.78 is 0.891. The molecule has 0 radical (unpaired) electrons. The van der Waals surface area contributed by atoms with Gasteiger partial charge in [-0.25, -0.2) is 0 Å². The molecule has 1 aromatic rings. The van der Waals surface area contributed by atoms with E-state index in [1.807, 2.05) is 30.0 Å². The molecule has 0 saturated heterocycles. The van der Waals surface area contributed by atoms with Crippen LogP contribution in [0.15, 0.2) is 22.7 Å². The Kier molecular flexibility index (Phi) is 6.74. The van der Waals surface area contributed by atoms with Crippen molar-refractivity contribution in [3.8, 4) is 0 Å². The number of amides is 1. The van der Waals surface area contributed by atoms with Crippen LogP contribution in [0.25, 0.3) is 0 Å². The Morgan fingerprint density at radius 1 is 1.25 bits per heavy atom. The number of carbonyl (C=O) groups is 1. The molecule has 0 fully saturated rings. The van der Waals surface area contributed by atoms with Crippen molar-refractivity contribution in [2.24, 2.45) is 5.92 Å². The average Bonchev–Trinajstić information content (AvgIpc) is 2.37. The van der Waals surface area contributed by atoms with E-state index in [1.165, 1.54) is 0 Å². The second-order valence-electron chi connectivity index (χ2n) is 5.80. The number of hydrogen-bond donors (Lipinski definition) is 0. The van der Waals surface area contributed by atoms with Crippen molar-refractivity contribution in [1.82, 2.24) is 4.90 Å². The third-order valence-corrected chi connectivity index (χ3v) is 4.22. The van der Waals surface area contributed by atoms with Gasteiger partial charge >= 0.3 is 0 Å². The SMILES string of the molecule is CCC(CC)N(CC(C)C)C(=O)c1ccc(C)cc1Br. The minimum absolute atomic E-state index is 0.138. The van der Waals surface area contributed by atoms with Gasteiger partial charge in [0.15, 0.2) is 0 Å². The molecule has 0 saturated carbocycles. The van der Waals surface area contributed by atoms with Gasteiger partial charge in [-0.1, -0.05) is 33.8 Å². The van der Waals surface area contributed by atoms with Crippen LogP contribution in [0.3, 0.4) is 0 Å². The molecule has 0 bridgehead atoms. The van der Waals surface area contributed by atoms with E-state index >= 15 is 0 Å². The summed E-state index contributed by atoms with van der Waals surface area (Å²) in [6, 6.07) is 6.25. The summed E-state index contributed by atoms with van der Waals surface area (Å²) in [5.41, 5.74) is 1.93. The minimum Gasteiger partial charge on any atom is -0.335 e. The van der Waals surface area contributed by atoms with Crippen molar-refractivity contribution < 1.29 is 4.79 Å². The Labute approximate surface area is 131 Å². The maximum atomic E-state index is 12.9. The lowest BCUT2D eigenvalue weighted by Gasteiger charge is -2.32. The summed E-state index contributed by atoms with van der Waals surface area (Å²) in [6.45, 7) is 11.5. The van der Waals surface area contributed by atoms with Gasteiger partial charge in [0.1, 0.15) is 0 Å². The molecule has 1 amide bonds. The van der Waals surface area contributed by atoms with Crippen molar-refractivity contribution >= 4 is 21.8 Å². The maximum absolute atomic E-state index is 12.9. The molecule has 0 aliphatic rings. The van der Waals surface area contributed by atoms with Gasteiger partial charge < -0.3 is 4.90 Å². The number of carbonyl (C=O) groups excluding carboxylic acids is 1. The first kappa shape index (κ1) is 17.2. The summed E-state index contributed by atoms with van der Waals surface area (Å²) in [4.78, 5) is 14.9. The second kappa shape index (κ2) is 7.82. The fourth-order valence-electron chi connectivity index (χ4n) is 2.47. The lowest BCUT2D eigenvalue weighted by atomic mass is 10.0. The molecule has 0 heterocycles. The van der Waals surface area contributed by atoms with E-state index < -0.39 is 0 Å². The Morgan fingerprint density at radius 2 is 1.85 bits per heavy atom. The lowest BCUT2D eigenvalue weighted by Crippen LogP contribution is -2.42. The number of benzene rings is 1. The molecule has 1 aromatic carbocycles. The van der Waals surface area contributed by atoms with Crippen LogP contribution in [0.2, 0.25) is 0 Å². The molecule has 0 N–H and O–H groups in total. The first-order valence-corrected chi connectivity index (χ1v) is 8.27. The molecule has 2 nitrogen and oxygen atoms in total. The predicted molar refractivity (Wildman–Crippen MR) is 89.1 cm³/mol. The zero-order chi connectivity index (χ0) is 15.3.